The maximum Gasteiger partial charge on any atom is 0.219 e. The standard InChI is InChI=1S/C20H30N2O/c1-16(2)21-11-9-20(10-12-21)14-19(22(15-20)17(3)23)13-18-7-5-4-6-8-18/h4-8,16,19H,9-15H2,1-3H3. The Kier molecular flexibility index (Phi) is 4.77. The molecule has 1 amide bonds. The molecule has 0 aliphatic carbocycles. The van der Waals surface area contributed by atoms with Gasteiger partial charge in [0.25, 0.3) is 0 Å². The summed E-state index contributed by atoms with van der Waals surface area (Å²) in [6, 6.07) is 11.6. The van der Waals surface area contributed by atoms with E-state index in [1.165, 1.54) is 37.9 Å². The van der Waals surface area contributed by atoms with Crippen LogP contribution in [0.25, 0.3) is 0 Å². The molecular weight excluding hydrogens is 284 g/mol. The molecule has 1 spiro atoms. The maximum atomic E-state index is 12.2. The molecule has 2 aliphatic heterocycles. The van der Waals surface area contributed by atoms with Gasteiger partial charge in [0.05, 0.1) is 0 Å². The highest BCUT2D eigenvalue weighted by atomic mass is 16.2. The Balaban J connectivity index is 1.70. The minimum atomic E-state index is 0.245. The topological polar surface area (TPSA) is 23.6 Å². The molecule has 3 heteroatoms. The van der Waals surface area contributed by atoms with Crippen molar-refractivity contribution in [1.29, 1.82) is 0 Å². The molecule has 0 radical (unpaired) electrons. The number of rotatable bonds is 3. The van der Waals surface area contributed by atoms with Crippen LogP contribution in [0.1, 0.15) is 45.6 Å². The van der Waals surface area contributed by atoms with Gasteiger partial charge in [0.2, 0.25) is 5.91 Å². The molecule has 1 aromatic carbocycles. The van der Waals surface area contributed by atoms with E-state index in [9.17, 15) is 4.79 Å². The molecule has 1 aromatic rings. The first-order valence-corrected chi connectivity index (χ1v) is 9.04. The first kappa shape index (κ1) is 16.5. The lowest BCUT2D eigenvalue weighted by atomic mass is 9.76. The molecule has 1 atom stereocenters. The second-order valence-electron chi connectivity index (χ2n) is 7.82. The minimum absolute atomic E-state index is 0.245. The van der Waals surface area contributed by atoms with Gasteiger partial charge in [-0.15, -0.1) is 0 Å². The Morgan fingerprint density at radius 2 is 1.87 bits per heavy atom. The van der Waals surface area contributed by atoms with E-state index in [-0.39, 0.29) is 5.91 Å². The third kappa shape index (κ3) is 3.60. The van der Waals surface area contributed by atoms with Gasteiger partial charge < -0.3 is 9.80 Å². The number of hydrogen-bond acceptors (Lipinski definition) is 2. The van der Waals surface area contributed by atoms with Crippen molar-refractivity contribution in [2.45, 2.75) is 58.5 Å². The quantitative estimate of drug-likeness (QED) is 0.854. The fourth-order valence-electron chi connectivity index (χ4n) is 4.48. The number of amides is 1. The van der Waals surface area contributed by atoms with Gasteiger partial charge in [0.15, 0.2) is 0 Å². The van der Waals surface area contributed by atoms with E-state index in [2.05, 4.69) is 54.0 Å². The average Bonchev–Trinajstić information content (AvgIpc) is 2.87. The van der Waals surface area contributed by atoms with Crippen molar-refractivity contribution in [3.05, 3.63) is 35.9 Å². The van der Waals surface area contributed by atoms with Gasteiger partial charge in [-0.05, 0) is 63.6 Å². The Morgan fingerprint density at radius 1 is 1.22 bits per heavy atom. The summed E-state index contributed by atoms with van der Waals surface area (Å²) in [5.41, 5.74) is 1.71. The second-order valence-corrected chi connectivity index (χ2v) is 7.82. The van der Waals surface area contributed by atoms with E-state index in [1.807, 2.05) is 0 Å². The number of benzene rings is 1. The number of likely N-dealkylation sites (tertiary alicyclic amines) is 2. The van der Waals surface area contributed by atoms with Crippen LogP contribution in [0.5, 0.6) is 0 Å². The molecule has 1 unspecified atom stereocenters. The number of piperidine rings is 1. The molecule has 2 aliphatic rings. The van der Waals surface area contributed by atoms with E-state index in [0.29, 0.717) is 17.5 Å². The second kappa shape index (κ2) is 6.64. The van der Waals surface area contributed by atoms with Crippen LogP contribution in [-0.2, 0) is 11.2 Å². The van der Waals surface area contributed by atoms with Crippen LogP contribution in [-0.4, -0.2) is 47.4 Å². The first-order chi connectivity index (χ1) is 11.0. The average molecular weight is 314 g/mol. The summed E-state index contributed by atoms with van der Waals surface area (Å²) < 4.78 is 0. The molecular formula is C20H30N2O. The van der Waals surface area contributed by atoms with Crippen molar-refractivity contribution < 1.29 is 4.79 Å². The van der Waals surface area contributed by atoms with Crippen LogP contribution in [0.15, 0.2) is 30.3 Å². The van der Waals surface area contributed by atoms with Crippen LogP contribution in [0.2, 0.25) is 0 Å². The third-order valence-corrected chi connectivity index (χ3v) is 5.92. The van der Waals surface area contributed by atoms with Crippen LogP contribution < -0.4 is 0 Å². The van der Waals surface area contributed by atoms with Crippen molar-refractivity contribution in [2.24, 2.45) is 5.41 Å². The van der Waals surface area contributed by atoms with E-state index < -0.39 is 0 Å². The summed E-state index contributed by atoms with van der Waals surface area (Å²) in [5.74, 6) is 0.245. The fourth-order valence-corrected chi connectivity index (χ4v) is 4.48. The zero-order valence-electron chi connectivity index (χ0n) is 14.8. The molecule has 3 nitrogen and oxygen atoms in total. The van der Waals surface area contributed by atoms with Gasteiger partial charge in [0.1, 0.15) is 0 Å². The SMILES string of the molecule is CC(=O)N1CC2(CCN(C(C)C)CC2)CC1Cc1ccccc1. The van der Waals surface area contributed by atoms with Crippen molar-refractivity contribution in [3.8, 4) is 0 Å². The van der Waals surface area contributed by atoms with Gasteiger partial charge in [-0.25, -0.2) is 0 Å². The largest absolute Gasteiger partial charge is 0.339 e. The maximum absolute atomic E-state index is 12.2. The summed E-state index contributed by atoms with van der Waals surface area (Å²) in [5, 5.41) is 0. The lowest BCUT2D eigenvalue weighted by Crippen LogP contribution is -2.44. The van der Waals surface area contributed by atoms with Gasteiger partial charge >= 0.3 is 0 Å². The summed E-state index contributed by atoms with van der Waals surface area (Å²) in [6.07, 6.45) is 4.64. The van der Waals surface area contributed by atoms with Crippen molar-refractivity contribution in [1.82, 2.24) is 9.80 Å². The molecule has 0 aromatic heterocycles. The Morgan fingerprint density at radius 3 is 2.43 bits per heavy atom. The molecule has 2 heterocycles. The number of carbonyl (C=O) groups is 1. The summed E-state index contributed by atoms with van der Waals surface area (Å²) in [7, 11) is 0. The van der Waals surface area contributed by atoms with Gasteiger partial charge in [-0.1, -0.05) is 30.3 Å². The zero-order valence-corrected chi connectivity index (χ0v) is 14.8. The fraction of sp³-hybridized carbons (Fsp3) is 0.650. The third-order valence-electron chi connectivity index (χ3n) is 5.92. The normalized spacial score (nSPS) is 24.5. The van der Waals surface area contributed by atoms with Crippen LogP contribution in [0, 0.1) is 5.41 Å². The van der Waals surface area contributed by atoms with E-state index in [1.54, 1.807) is 6.92 Å². The predicted octanol–water partition coefficient (Wildman–Crippen LogP) is 3.34. The van der Waals surface area contributed by atoms with Crippen LogP contribution >= 0.6 is 0 Å². The minimum Gasteiger partial charge on any atom is -0.339 e. The van der Waals surface area contributed by atoms with Crippen molar-refractivity contribution >= 4 is 5.91 Å². The van der Waals surface area contributed by atoms with Crippen molar-refractivity contribution in [3.63, 3.8) is 0 Å². The summed E-state index contributed by atoms with van der Waals surface area (Å²) in [6.45, 7) is 9.63. The lowest BCUT2D eigenvalue weighted by Gasteiger charge is -2.41. The molecule has 0 saturated carbocycles. The highest BCUT2D eigenvalue weighted by Gasteiger charge is 2.46. The zero-order chi connectivity index (χ0) is 16.4. The number of hydrogen-bond donors (Lipinski definition) is 0. The molecule has 2 fully saturated rings. The number of carbonyl (C=O) groups excluding carboxylic acids is 1. The first-order valence-electron chi connectivity index (χ1n) is 9.04. The molecule has 3 rings (SSSR count). The Bertz CT molecular complexity index is 532. The van der Waals surface area contributed by atoms with E-state index in [0.717, 1.165) is 13.0 Å². The van der Waals surface area contributed by atoms with Crippen LogP contribution in [0.4, 0.5) is 0 Å². The van der Waals surface area contributed by atoms with Crippen molar-refractivity contribution in [2.75, 3.05) is 19.6 Å². The highest BCUT2D eigenvalue weighted by molar-refractivity contribution is 5.74. The molecule has 2 saturated heterocycles. The molecule has 0 N–H and O–H groups in total. The Labute approximate surface area is 140 Å². The Hall–Kier alpha value is -1.35. The van der Waals surface area contributed by atoms with Crippen LogP contribution in [0.3, 0.4) is 0 Å². The molecule has 0 bridgehead atoms. The smallest absolute Gasteiger partial charge is 0.219 e. The predicted molar refractivity (Wildman–Crippen MR) is 94.3 cm³/mol. The lowest BCUT2D eigenvalue weighted by molar-refractivity contribution is -0.130. The van der Waals surface area contributed by atoms with E-state index in [4.69, 9.17) is 0 Å². The van der Waals surface area contributed by atoms with Gasteiger partial charge in [0, 0.05) is 25.6 Å². The number of nitrogens with zero attached hydrogens (tertiary/aromatic N) is 2. The van der Waals surface area contributed by atoms with Gasteiger partial charge in [-0.2, -0.15) is 0 Å². The van der Waals surface area contributed by atoms with E-state index >= 15 is 0 Å². The highest BCUT2D eigenvalue weighted by Crippen LogP contribution is 2.44. The molecule has 23 heavy (non-hydrogen) atoms. The summed E-state index contributed by atoms with van der Waals surface area (Å²) >= 11 is 0. The molecule has 126 valence electrons. The summed E-state index contributed by atoms with van der Waals surface area (Å²) in [4.78, 5) is 16.9. The van der Waals surface area contributed by atoms with Gasteiger partial charge in [-0.3, -0.25) is 4.79 Å². The monoisotopic (exact) mass is 314 g/mol.